The van der Waals surface area contributed by atoms with Crippen molar-refractivity contribution in [1.82, 2.24) is 0 Å². The molecule has 0 aliphatic rings. The van der Waals surface area contributed by atoms with Crippen LogP contribution in [0.2, 0.25) is 0 Å². The molecule has 1 aromatic heterocycles. The average Bonchev–Trinajstić information content (AvgIpc) is 3.59. The summed E-state index contributed by atoms with van der Waals surface area (Å²) in [5.41, 5.74) is 13.1. The van der Waals surface area contributed by atoms with E-state index in [1.54, 1.807) is 11.3 Å². The molecule has 0 atom stereocenters. The van der Waals surface area contributed by atoms with Crippen molar-refractivity contribution in [2.75, 3.05) is 16.0 Å². The SMILES string of the molecule is Cc1cc(Nc2ccccc2)c(-c2ccc(-c3cc(Nc4ccccc4)c(C)cc3[NH+]c3ccccc3)s2)cc1Nc1ccccc1. The molecule has 1 radical (unpaired) electrons. The lowest BCUT2D eigenvalue weighted by Crippen LogP contribution is -2.71. The number of benzene rings is 6. The Morgan fingerprint density at radius 3 is 1.38 bits per heavy atom. The molecule has 1 heterocycles. The zero-order valence-electron chi connectivity index (χ0n) is 26.4. The summed E-state index contributed by atoms with van der Waals surface area (Å²) in [6.45, 7) is 4.31. The number of anilines is 8. The Hall–Kier alpha value is -5.62. The van der Waals surface area contributed by atoms with Crippen LogP contribution in [0.25, 0.3) is 20.9 Å². The minimum Gasteiger partial charge on any atom is -0.355 e. The minimum atomic E-state index is 1.05. The van der Waals surface area contributed by atoms with Crippen LogP contribution in [0.1, 0.15) is 11.1 Å². The Labute approximate surface area is 280 Å². The van der Waals surface area contributed by atoms with Gasteiger partial charge in [-0.2, -0.15) is 0 Å². The summed E-state index contributed by atoms with van der Waals surface area (Å²) in [5.74, 6) is 0. The van der Waals surface area contributed by atoms with E-state index in [1.165, 1.54) is 9.75 Å². The molecule has 7 rings (SSSR count). The Bertz CT molecular complexity index is 1940. The summed E-state index contributed by atoms with van der Waals surface area (Å²) in [4.78, 5) is 2.36. The fourth-order valence-corrected chi connectivity index (χ4v) is 6.70. The van der Waals surface area contributed by atoms with E-state index in [2.05, 4.69) is 169 Å². The minimum absolute atomic E-state index is 1.05. The van der Waals surface area contributed by atoms with Gasteiger partial charge in [-0.1, -0.05) is 72.8 Å². The first kappa shape index (κ1) is 30.1. The van der Waals surface area contributed by atoms with Crippen molar-refractivity contribution in [3.8, 4) is 20.9 Å². The molecule has 0 unspecified atom stereocenters. The molecule has 0 amide bonds. The molecule has 47 heavy (non-hydrogen) atoms. The van der Waals surface area contributed by atoms with Crippen LogP contribution in [0.3, 0.4) is 0 Å². The molecule has 0 aliphatic carbocycles. The Morgan fingerprint density at radius 2 is 0.851 bits per heavy atom. The predicted octanol–water partition coefficient (Wildman–Crippen LogP) is 11.2. The second kappa shape index (κ2) is 13.8. The van der Waals surface area contributed by atoms with Gasteiger partial charge in [-0.05, 0) is 91.7 Å². The van der Waals surface area contributed by atoms with E-state index in [9.17, 15) is 0 Å². The van der Waals surface area contributed by atoms with Gasteiger partial charge in [0.1, 0.15) is 0 Å². The van der Waals surface area contributed by atoms with E-state index in [0.717, 1.165) is 67.8 Å². The van der Waals surface area contributed by atoms with Crippen molar-refractivity contribution < 1.29 is 5.32 Å². The largest absolute Gasteiger partial charge is 0.355 e. The van der Waals surface area contributed by atoms with E-state index in [0.29, 0.717) is 0 Å². The summed E-state index contributed by atoms with van der Waals surface area (Å²) >= 11 is 1.79. The summed E-state index contributed by atoms with van der Waals surface area (Å²) < 4.78 is 0. The third-order valence-corrected chi connectivity index (χ3v) is 9.23. The number of para-hydroxylation sites is 4. The second-order valence-corrected chi connectivity index (χ2v) is 12.6. The summed E-state index contributed by atoms with van der Waals surface area (Å²) in [6.07, 6.45) is 0. The van der Waals surface area contributed by atoms with Gasteiger partial charge in [0, 0.05) is 67.6 Å². The van der Waals surface area contributed by atoms with Crippen LogP contribution in [0.15, 0.2) is 158 Å². The highest BCUT2D eigenvalue weighted by atomic mass is 32.1. The molecule has 0 bridgehead atoms. The van der Waals surface area contributed by atoms with Crippen molar-refractivity contribution in [3.05, 3.63) is 169 Å². The normalized spacial score (nSPS) is 10.9. The van der Waals surface area contributed by atoms with E-state index in [4.69, 9.17) is 0 Å². The van der Waals surface area contributed by atoms with Crippen LogP contribution < -0.4 is 21.3 Å². The van der Waals surface area contributed by atoms with Crippen LogP contribution in [0.4, 0.5) is 45.5 Å². The second-order valence-electron chi connectivity index (χ2n) is 11.6. The summed E-state index contributed by atoms with van der Waals surface area (Å²) in [6, 6.07) is 54.9. The summed E-state index contributed by atoms with van der Waals surface area (Å²) in [5, 5.41) is 14.7. The predicted molar refractivity (Wildman–Crippen MR) is 201 cm³/mol. The molecule has 0 fully saturated rings. The first-order valence-electron chi connectivity index (χ1n) is 15.8. The topological polar surface area (TPSA) is 51.7 Å². The maximum Gasteiger partial charge on any atom is 0.193 e. The van der Waals surface area contributed by atoms with Crippen molar-refractivity contribution >= 4 is 56.8 Å². The number of thiophene rings is 1. The molecule has 6 aromatic carbocycles. The third-order valence-electron chi connectivity index (χ3n) is 8.08. The molecular weight excluding hydrogens is 593 g/mol. The lowest BCUT2D eigenvalue weighted by Gasteiger charge is -2.17. The average molecular weight is 629 g/mol. The molecule has 4 N–H and O–H groups in total. The quantitative estimate of drug-likeness (QED) is 0.122. The third kappa shape index (κ3) is 7.12. The standard InChI is InChI=1S/C42H36N4S/c1-29-25-39(45-33-19-11-5-12-20-33)35(27-37(29)43-31-15-7-3-8-16-31)41-23-24-42(47-41)36-28-38(44-32-17-9-4-10-18-32)30(2)26-40(36)46-34-21-13-6-14-22-34/h3-28,43-46H,1-2H3/q+1. The summed E-state index contributed by atoms with van der Waals surface area (Å²) in [7, 11) is 0. The van der Waals surface area contributed by atoms with Gasteiger partial charge in [-0.15, -0.1) is 16.7 Å². The van der Waals surface area contributed by atoms with Crippen LogP contribution in [-0.4, -0.2) is 0 Å². The van der Waals surface area contributed by atoms with Crippen molar-refractivity contribution in [3.63, 3.8) is 0 Å². The number of hydrogen-bond donors (Lipinski definition) is 4. The molecule has 0 saturated carbocycles. The Morgan fingerprint density at radius 1 is 0.426 bits per heavy atom. The highest BCUT2D eigenvalue weighted by Gasteiger charge is 2.20. The highest BCUT2D eigenvalue weighted by Crippen LogP contribution is 2.43. The van der Waals surface area contributed by atoms with E-state index in [-0.39, 0.29) is 0 Å². The Kier molecular flexibility index (Phi) is 8.82. The van der Waals surface area contributed by atoms with Crippen LogP contribution in [0, 0.1) is 13.8 Å². The fraction of sp³-hybridized carbons (Fsp3) is 0.0476. The molecule has 0 saturated heterocycles. The molecule has 4 nitrogen and oxygen atoms in total. The molecule has 0 spiro atoms. The van der Waals surface area contributed by atoms with Crippen molar-refractivity contribution in [1.29, 1.82) is 0 Å². The van der Waals surface area contributed by atoms with Crippen LogP contribution >= 0.6 is 11.3 Å². The van der Waals surface area contributed by atoms with Gasteiger partial charge < -0.3 is 16.0 Å². The number of hydrogen-bond acceptors (Lipinski definition) is 5. The lowest BCUT2D eigenvalue weighted by molar-refractivity contribution is -0.478. The molecular formula is C42H36N4S+. The van der Waals surface area contributed by atoms with E-state index in [1.807, 2.05) is 24.3 Å². The Balaban J connectivity index is 1.32. The number of rotatable bonds is 10. The maximum absolute atomic E-state index is 3.70. The van der Waals surface area contributed by atoms with Gasteiger partial charge in [-0.25, -0.2) is 0 Å². The first-order valence-corrected chi connectivity index (χ1v) is 16.6. The zero-order valence-corrected chi connectivity index (χ0v) is 27.2. The highest BCUT2D eigenvalue weighted by molar-refractivity contribution is 7.19. The first-order chi connectivity index (χ1) is 23.1. The van der Waals surface area contributed by atoms with Crippen molar-refractivity contribution in [2.24, 2.45) is 0 Å². The van der Waals surface area contributed by atoms with Crippen LogP contribution in [0.5, 0.6) is 0 Å². The van der Waals surface area contributed by atoms with E-state index < -0.39 is 0 Å². The van der Waals surface area contributed by atoms with Gasteiger partial charge in [0.05, 0.1) is 5.56 Å². The van der Waals surface area contributed by atoms with Gasteiger partial charge in [0.2, 0.25) is 0 Å². The van der Waals surface area contributed by atoms with Crippen LogP contribution in [-0.2, 0) is 0 Å². The fourth-order valence-electron chi connectivity index (χ4n) is 5.64. The van der Waals surface area contributed by atoms with Crippen molar-refractivity contribution in [2.45, 2.75) is 13.8 Å². The molecule has 0 aliphatic heterocycles. The lowest BCUT2D eigenvalue weighted by atomic mass is 10.0. The smallest absolute Gasteiger partial charge is 0.193 e. The van der Waals surface area contributed by atoms with Gasteiger partial charge >= 0.3 is 0 Å². The number of aryl methyl sites for hydroxylation is 2. The maximum atomic E-state index is 3.70. The van der Waals surface area contributed by atoms with Gasteiger partial charge in [0.25, 0.3) is 0 Å². The monoisotopic (exact) mass is 628 g/mol. The molecule has 7 aromatic rings. The van der Waals surface area contributed by atoms with E-state index >= 15 is 0 Å². The molecule has 229 valence electrons. The van der Waals surface area contributed by atoms with Gasteiger partial charge in [-0.3, -0.25) is 0 Å². The number of nitrogens with one attached hydrogen (secondary N) is 4. The zero-order chi connectivity index (χ0) is 32.0. The molecule has 5 heteroatoms. The van der Waals surface area contributed by atoms with Gasteiger partial charge in [0.15, 0.2) is 11.4 Å².